The van der Waals surface area contributed by atoms with Gasteiger partial charge >= 0.3 is 0 Å². The molecule has 0 aromatic heterocycles. The van der Waals surface area contributed by atoms with Crippen LogP contribution < -0.4 is 5.32 Å². The SMILES string of the molecule is CC[C@H](C(=O)N[C@H](C(=O)N(C)[C@H](/C=C(\C)COC)C(C)C)C(C)(C)C)C(C)(C)c1ccccc1. The van der Waals surface area contributed by atoms with Crippen LogP contribution in [0.1, 0.15) is 74.3 Å². The van der Waals surface area contributed by atoms with E-state index in [9.17, 15) is 9.59 Å². The van der Waals surface area contributed by atoms with Crippen molar-refractivity contribution in [3.05, 3.63) is 47.5 Å². The molecule has 5 nitrogen and oxygen atoms in total. The largest absolute Gasteiger partial charge is 0.380 e. The Hall–Kier alpha value is -2.14. The second kappa shape index (κ2) is 12.5. The van der Waals surface area contributed by atoms with Gasteiger partial charge in [0.05, 0.1) is 12.6 Å². The van der Waals surface area contributed by atoms with Gasteiger partial charge < -0.3 is 15.0 Å². The third-order valence-corrected chi connectivity index (χ3v) is 6.82. The highest BCUT2D eigenvalue weighted by Gasteiger charge is 2.41. The first-order valence-corrected chi connectivity index (χ1v) is 12.5. The van der Waals surface area contributed by atoms with Crippen LogP contribution in [-0.2, 0) is 19.7 Å². The number of carbonyl (C=O) groups excluding carboxylic acids is 2. The first-order chi connectivity index (χ1) is 15.7. The van der Waals surface area contributed by atoms with Crippen LogP contribution in [0.3, 0.4) is 0 Å². The monoisotopic (exact) mass is 472 g/mol. The predicted molar refractivity (Wildman–Crippen MR) is 142 cm³/mol. The van der Waals surface area contributed by atoms with Gasteiger partial charge in [0.2, 0.25) is 11.8 Å². The summed E-state index contributed by atoms with van der Waals surface area (Å²) in [5, 5.41) is 3.16. The molecule has 34 heavy (non-hydrogen) atoms. The van der Waals surface area contributed by atoms with E-state index >= 15 is 0 Å². The number of likely N-dealkylation sites (N-methyl/N-ethyl adjacent to an activating group) is 1. The summed E-state index contributed by atoms with van der Waals surface area (Å²) in [6.45, 7) is 19.0. The van der Waals surface area contributed by atoms with Crippen LogP contribution in [0.25, 0.3) is 0 Å². The average molecular weight is 473 g/mol. The summed E-state index contributed by atoms with van der Waals surface area (Å²) < 4.78 is 5.26. The van der Waals surface area contributed by atoms with Gasteiger partial charge in [0.1, 0.15) is 6.04 Å². The fourth-order valence-corrected chi connectivity index (χ4v) is 4.65. The summed E-state index contributed by atoms with van der Waals surface area (Å²) in [4.78, 5) is 29.2. The second-order valence-electron chi connectivity index (χ2n) is 11.5. The van der Waals surface area contributed by atoms with E-state index in [2.05, 4.69) is 51.2 Å². The lowest BCUT2D eigenvalue weighted by Crippen LogP contribution is -2.58. The van der Waals surface area contributed by atoms with Gasteiger partial charge in [-0.25, -0.2) is 0 Å². The lowest BCUT2D eigenvalue weighted by molar-refractivity contribution is -0.141. The topological polar surface area (TPSA) is 58.6 Å². The summed E-state index contributed by atoms with van der Waals surface area (Å²) >= 11 is 0. The molecule has 0 fully saturated rings. The maximum atomic E-state index is 13.8. The van der Waals surface area contributed by atoms with Crippen molar-refractivity contribution in [2.75, 3.05) is 20.8 Å². The molecule has 1 aromatic rings. The highest BCUT2D eigenvalue weighted by molar-refractivity contribution is 5.90. The van der Waals surface area contributed by atoms with Gasteiger partial charge in [-0.05, 0) is 35.8 Å². The van der Waals surface area contributed by atoms with E-state index in [0.29, 0.717) is 13.0 Å². The van der Waals surface area contributed by atoms with Crippen molar-refractivity contribution in [2.24, 2.45) is 17.3 Å². The van der Waals surface area contributed by atoms with E-state index in [0.717, 1.165) is 11.1 Å². The van der Waals surface area contributed by atoms with E-state index in [4.69, 9.17) is 4.74 Å². The van der Waals surface area contributed by atoms with Gasteiger partial charge in [-0.15, -0.1) is 0 Å². The Labute approximate surface area is 208 Å². The highest BCUT2D eigenvalue weighted by Crippen LogP contribution is 2.34. The van der Waals surface area contributed by atoms with Crippen LogP contribution in [0.2, 0.25) is 0 Å². The van der Waals surface area contributed by atoms with Gasteiger partial charge in [-0.1, -0.05) is 91.8 Å². The zero-order valence-corrected chi connectivity index (χ0v) is 23.4. The fourth-order valence-electron chi connectivity index (χ4n) is 4.65. The Morgan fingerprint density at radius 3 is 2.09 bits per heavy atom. The molecule has 0 aliphatic rings. The van der Waals surface area contributed by atoms with E-state index in [1.807, 2.05) is 59.9 Å². The van der Waals surface area contributed by atoms with E-state index < -0.39 is 11.5 Å². The molecule has 192 valence electrons. The lowest BCUT2D eigenvalue weighted by atomic mass is 9.71. The van der Waals surface area contributed by atoms with Crippen LogP contribution in [-0.4, -0.2) is 49.6 Å². The Bertz CT molecular complexity index is 822. The van der Waals surface area contributed by atoms with Crippen LogP contribution in [0.15, 0.2) is 42.0 Å². The van der Waals surface area contributed by atoms with Crippen LogP contribution >= 0.6 is 0 Å². The van der Waals surface area contributed by atoms with E-state index in [-0.39, 0.29) is 35.1 Å². The van der Waals surface area contributed by atoms with E-state index in [1.165, 1.54) is 0 Å². The quantitative estimate of drug-likeness (QED) is 0.427. The molecule has 0 heterocycles. The number of nitrogens with one attached hydrogen (secondary N) is 1. The molecule has 0 aliphatic carbocycles. The lowest BCUT2D eigenvalue weighted by Gasteiger charge is -2.40. The summed E-state index contributed by atoms with van der Waals surface area (Å²) in [7, 11) is 3.50. The van der Waals surface area contributed by atoms with Crippen LogP contribution in [0.5, 0.6) is 0 Å². The zero-order valence-electron chi connectivity index (χ0n) is 23.4. The van der Waals surface area contributed by atoms with Gasteiger partial charge in [0, 0.05) is 25.5 Å². The molecular weight excluding hydrogens is 424 g/mol. The minimum Gasteiger partial charge on any atom is -0.380 e. The third kappa shape index (κ3) is 7.69. The summed E-state index contributed by atoms with van der Waals surface area (Å²) in [5.41, 5.74) is 1.39. The number of methoxy groups -OCH3 is 1. The number of hydrogen-bond donors (Lipinski definition) is 1. The van der Waals surface area contributed by atoms with Crippen molar-refractivity contribution in [1.82, 2.24) is 10.2 Å². The van der Waals surface area contributed by atoms with E-state index in [1.54, 1.807) is 12.0 Å². The van der Waals surface area contributed by atoms with Gasteiger partial charge in [-0.3, -0.25) is 9.59 Å². The molecule has 2 amide bonds. The minimum atomic E-state index is -0.636. The molecule has 0 saturated heterocycles. The Morgan fingerprint density at radius 1 is 1.09 bits per heavy atom. The molecule has 0 radical (unpaired) electrons. The predicted octanol–water partition coefficient (Wildman–Crippen LogP) is 5.60. The molecule has 0 saturated carbocycles. The number of nitrogens with zero attached hydrogens (tertiary/aromatic N) is 1. The standard InChI is InChI=1S/C29H48N2O3/c1-12-23(29(8,9)22-16-14-13-15-17-22)26(32)30-25(28(5,6)7)27(33)31(10)24(20(2)3)18-21(4)19-34-11/h13-18,20,23-25H,12,19H2,1-11H3,(H,30,32)/b21-18+/t23-,24-,25-/m1/s1. The Balaban J connectivity index is 3.25. The number of amides is 2. The van der Waals surface area contributed by atoms with Crippen molar-refractivity contribution >= 4 is 11.8 Å². The fraction of sp³-hybridized carbons (Fsp3) is 0.655. The molecule has 3 atom stereocenters. The number of carbonyl (C=O) groups is 2. The van der Waals surface area contributed by atoms with Crippen LogP contribution in [0.4, 0.5) is 0 Å². The van der Waals surface area contributed by atoms with Crippen molar-refractivity contribution in [3.63, 3.8) is 0 Å². The molecule has 0 aliphatic heterocycles. The summed E-state index contributed by atoms with van der Waals surface area (Å²) in [5.74, 6) is -0.196. The first kappa shape index (κ1) is 29.9. The smallest absolute Gasteiger partial charge is 0.245 e. The van der Waals surface area contributed by atoms with Gasteiger partial charge in [0.25, 0.3) is 0 Å². The minimum absolute atomic E-state index is 0.0756. The molecule has 0 spiro atoms. The average Bonchev–Trinajstić information content (AvgIpc) is 2.75. The maximum absolute atomic E-state index is 13.8. The van der Waals surface area contributed by atoms with Gasteiger partial charge in [-0.2, -0.15) is 0 Å². The van der Waals surface area contributed by atoms with Crippen LogP contribution in [0, 0.1) is 17.3 Å². The Morgan fingerprint density at radius 2 is 1.65 bits per heavy atom. The number of hydrogen-bond acceptors (Lipinski definition) is 3. The highest BCUT2D eigenvalue weighted by atomic mass is 16.5. The maximum Gasteiger partial charge on any atom is 0.245 e. The molecule has 1 rings (SSSR count). The summed E-state index contributed by atoms with van der Waals surface area (Å²) in [6.07, 6.45) is 2.78. The number of benzene rings is 1. The zero-order chi connectivity index (χ0) is 26.3. The summed E-state index contributed by atoms with van der Waals surface area (Å²) in [6, 6.07) is 9.40. The molecule has 0 bridgehead atoms. The van der Waals surface area contributed by atoms with Crippen molar-refractivity contribution in [3.8, 4) is 0 Å². The number of ether oxygens (including phenoxy) is 1. The van der Waals surface area contributed by atoms with Crippen molar-refractivity contribution in [1.29, 1.82) is 0 Å². The molecule has 5 heteroatoms. The first-order valence-electron chi connectivity index (χ1n) is 12.5. The second-order valence-corrected chi connectivity index (χ2v) is 11.5. The van der Waals surface area contributed by atoms with Crippen molar-refractivity contribution < 1.29 is 14.3 Å². The Kier molecular flexibility index (Phi) is 11.0. The van der Waals surface area contributed by atoms with Gasteiger partial charge in [0.15, 0.2) is 0 Å². The molecular formula is C29H48N2O3. The molecule has 1 N–H and O–H groups in total. The molecule has 0 unspecified atom stereocenters. The number of rotatable bonds is 11. The molecule has 1 aromatic carbocycles. The normalized spacial score (nSPS) is 15.6. The van der Waals surface area contributed by atoms with Crippen molar-refractivity contribution in [2.45, 2.75) is 86.2 Å². The third-order valence-electron chi connectivity index (χ3n) is 6.82.